The van der Waals surface area contributed by atoms with Crippen molar-refractivity contribution in [3.05, 3.63) is 99.6 Å². The lowest BCUT2D eigenvalue weighted by Gasteiger charge is -2.15. The molecular weight excluding hydrogens is 464 g/mol. The summed E-state index contributed by atoms with van der Waals surface area (Å²) < 4.78 is 6.93. The van der Waals surface area contributed by atoms with Crippen molar-refractivity contribution in [2.75, 3.05) is 0 Å². The molecule has 0 radical (unpaired) electrons. The molecule has 1 amide bonds. The maximum Gasteiger partial charge on any atom is 0.252 e. The van der Waals surface area contributed by atoms with Crippen LogP contribution in [0.1, 0.15) is 28.9 Å². The second kappa shape index (κ2) is 8.86. The molecule has 0 unspecified atom stereocenters. The highest BCUT2D eigenvalue weighted by Crippen LogP contribution is 2.29. The molecule has 1 heterocycles. The van der Waals surface area contributed by atoms with Gasteiger partial charge in [-0.05, 0) is 48.9 Å². The number of carbonyl (C=O) groups is 1. The minimum Gasteiger partial charge on any atom is -0.436 e. The van der Waals surface area contributed by atoms with Gasteiger partial charge in [0.1, 0.15) is 0 Å². The first-order valence-electron chi connectivity index (χ1n) is 9.39. The average Bonchev–Trinajstić information content (AvgIpc) is 3.24. The summed E-state index contributed by atoms with van der Waals surface area (Å²) >= 11 is 9.42. The smallest absolute Gasteiger partial charge is 0.252 e. The second-order valence-electron chi connectivity index (χ2n) is 6.83. The summed E-state index contributed by atoms with van der Waals surface area (Å²) in [4.78, 5) is 17.4. The largest absolute Gasteiger partial charge is 0.436 e. The lowest BCUT2D eigenvalue weighted by Crippen LogP contribution is -2.27. The summed E-state index contributed by atoms with van der Waals surface area (Å²) in [5, 5.41) is 3.69. The zero-order valence-electron chi connectivity index (χ0n) is 16.1. The number of amides is 1. The molecule has 4 aromatic rings. The topological polar surface area (TPSA) is 55.1 Å². The van der Waals surface area contributed by atoms with Gasteiger partial charge in [0.25, 0.3) is 5.91 Å². The molecule has 0 saturated carbocycles. The third kappa shape index (κ3) is 4.48. The van der Waals surface area contributed by atoms with E-state index in [4.69, 9.17) is 16.0 Å². The van der Waals surface area contributed by atoms with E-state index in [0.717, 1.165) is 15.6 Å². The van der Waals surface area contributed by atoms with Crippen LogP contribution in [0.2, 0.25) is 5.02 Å². The van der Waals surface area contributed by atoms with Crippen LogP contribution in [-0.4, -0.2) is 10.9 Å². The predicted molar refractivity (Wildman–Crippen MR) is 122 cm³/mol. The molecule has 4 rings (SSSR count). The number of halogens is 2. The average molecular weight is 482 g/mol. The highest BCUT2D eigenvalue weighted by molar-refractivity contribution is 9.10. The van der Waals surface area contributed by atoms with Crippen LogP contribution in [0.15, 0.2) is 87.9 Å². The van der Waals surface area contributed by atoms with Crippen molar-refractivity contribution in [1.82, 2.24) is 10.3 Å². The fourth-order valence-electron chi connectivity index (χ4n) is 3.15. The Morgan fingerprint density at radius 2 is 1.83 bits per heavy atom. The monoisotopic (exact) mass is 480 g/mol. The summed E-state index contributed by atoms with van der Waals surface area (Å²) in [5.74, 6) is 0.834. The van der Waals surface area contributed by atoms with Crippen molar-refractivity contribution in [1.29, 1.82) is 0 Å². The molecular formula is C24H18BrClN2O2. The molecule has 3 aromatic carbocycles. The van der Waals surface area contributed by atoms with Crippen LogP contribution in [0.25, 0.3) is 22.8 Å². The number of oxazole rings is 1. The Labute approximate surface area is 188 Å². The van der Waals surface area contributed by atoms with Crippen LogP contribution in [0.3, 0.4) is 0 Å². The fourth-order valence-corrected chi connectivity index (χ4v) is 3.68. The first-order chi connectivity index (χ1) is 14.5. The molecule has 0 bridgehead atoms. The molecule has 150 valence electrons. The zero-order chi connectivity index (χ0) is 21.1. The fraction of sp³-hybridized carbons (Fsp3) is 0.0833. The highest BCUT2D eigenvalue weighted by Gasteiger charge is 2.19. The van der Waals surface area contributed by atoms with E-state index in [9.17, 15) is 4.79 Å². The maximum atomic E-state index is 13.0. The van der Waals surface area contributed by atoms with Gasteiger partial charge in [0.05, 0.1) is 17.8 Å². The van der Waals surface area contributed by atoms with Gasteiger partial charge in [0.2, 0.25) is 5.89 Å². The van der Waals surface area contributed by atoms with Gasteiger partial charge in [-0.3, -0.25) is 4.79 Å². The minimum absolute atomic E-state index is 0.176. The Morgan fingerprint density at radius 3 is 2.60 bits per heavy atom. The zero-order valence-corrected chi connectivity index (χ0v) is 18.4. The summed E-state index contributed by atoms with van der Waals surface area (Å²) in [6.45, 7) is 1.93. The van der Waals surface area contributed by atoms with Crippen molar-refractivity contribution in [3.63, 3.8) is 0 Å². The van der Waals surface area contributed by atoms with Gasteiger partial charge in [-0.25, -0.2) is 4.98 Å². The Hall–Kier alpha value is -2.89. The normalized spacial score (nSPS) is 11.8. The van der Waals surface area contributed by atoms with Crippen LogP contribution >= 0.6 is 27.5 Å². The van der Waals surface area contributed by atoms with Crippen molar-refractivity contribution >= 4 is 33.4 Å². The molecule has 1 N–H and O–H groups in total. The number of nitrogens with one attached hydrogen (secondary N) is 1. The summed E-state index contributed by atoms with van der Waals surface area (Å²) in [7, 11) is 0. The van der Waals surface area contributed by atoms with E-state index in [1.165, 1.54) is 0 Å². The van der Waals surface area contributed by atoms with E-state index in [1.54, 1.807) is 12.3 Å². The predicted octanol–water partition coefficient (Wildman–Crippen LogP) is 6.92. The Kier molecular flexibility index (Phi) is 6.02. The third-order valence-corrected chi connectivity index (χ3v) is 5.48. The van der Waals surface area contributed by atoms with Gasteiger partial charge < -0.3 is 9.73 Å². The van der Waals surface area contributed by atoms with Crippen LogP contribution < -0.4 is 5.32 Å². The van der Waals surface area contributed by atoms with E-state index in [2.05, 4.69) is 26.2 Å². The molecule has 0 aliphatic rings. The lowest BCUT2D eigenvalue weighted by atomic mass is 10.0. The lowest BCUT2D eigenvalue weighted by molar-refractivity contribution is 0.0940. The van der Waals surface area contributed by atoms with Gasteiger partial charge in [-0.1, -0.05) is 63.9 Å². The molecule has 1 aromatic heterocycles. The summed E-state index contributed by atoms with van der Waals surface area (Å²) in [5.41, 5.74) is 3.01. The minimum atomic E-state index is -0.199. The number of hydrogen-bond acceptors (Lipinski definition) is 3. The van der Waals surface area contributed by atoms with E-state index in [0.29, 0.717) is 27.8 Å². The van der Waals surface area contributed by atoms with Gasteiger partial charge in [0, 0.05) is 20.6 Å². The van der Waals surface area contributed by atoms with Gasteiger partial charge >= 0.3 is 0 Å². The molecule has 0 saturated heterocycles. The van der Waals surface area contributed by atoms with Crippen LogP contribution in [-0.2, 0) is 0 Å². The third-order valence-electron chi connectivity index (χ3n) is 4.73. The number of nitrogens with zero attached hydrogens (tertiary/aromatic N) is 1. The van der Waals surface area contributed by atoms with Gasteiger partial charge in [0.15, 0.2) is 5.76 Å². The summed E-state index contributed by atoms with van der Waals surface area (Å²) in [6, 6.07) is 22.3. The number of hydrogen-bond donors (Lipinski definition) is 1. The Balaban J connectivity index is 1.60. The van der Waals surface area contributed by atoms with Crippen LogP contribution in [0.5, 0.6) is 0 Å². The van der Waals surface area contributed by atoms with Gasteiger partial charge in [-0.15, -0.1) is 0 Å². The standard InChI is InChI=1S/C24H18BrClN2O2/c1-15(16-9-11-19(26)12-10-16)28-23(29)20-7-2-3-8-21(20)24-27-14-22(30-24)17-5-4-6-18(25)13-17/h2-15H,1H3,(H,28,29)/t15-/m0/s1. The molecule has 1 atom stereocenters. The van der Waals surface area contributed by atoms with Crippen LogP contribution in [0.4, 0.5) is 0 Å². The Morgan fingerprint density at radius 1 is 1.07 bits per heavy atom. The number of benzene rings is 3. The first kappa shape index (κ1) is 20.4. The van der Waals surface area contributed by atoms with Crippen molar-refractivity contribution in [2.24, 2.45) is 0 Å². The van der Waals surface area contributed by atoms with Crippen molar-refractivity contribution in [2.45, 2.75) is 13.0 Å². The SMILES string of the molecule is C[C@H](NC(=O)c1ccccc1-c1ncc(-c2cccc(Br)c2)o1)c1ccc(Cl)cc1. The number of rotatable bonds is 5. The van der Waals surface area contributed by atoms with E-state index in [1.807, 2.05) is 73.7 Å². The Bertz CT molecular complexity index is 1190. The van der Waals surface area contributed by atoms with Gasteiger partial charge in [-0.2, -0.15) is 0 Å². The molecule has 30 heavy (non-hydrogen) atoms. The highest BCUT2D eigenvalue weighted by atomic mass is 79.9. The molecule has 0 fully saturated rings. The van der Waals surface area contributed by atoms with E-state index < -0.39 is 0 Å². The van der Waals surface area contributed by atoms with E-state index >= 15 is 0 Å². The molecule has 0 spiro atoms. The number of aromatic nitrogens is 1. The summed E-state index contributed by atoms with van der Waals surface area (Å²) in [6.07, 6.45) is 1.67. The van der Waals surface area contributed by atoms with Crippen molar-refractivity contribution < 1.29 is 9.21 Å². The molecule has 0 aliphatic heterocycles. The maximum absolute atomic E-state index is 13.0. The van der Waals surface area contributed by atoms with Crippen molar-refractivity contribution in [3.8, 4) is 22.8 Å². The quantitative estimate of drug-likeness (QED) is 0.337. The second-order valence-corrected chi connectivity index (χ2v) is 8.18. The molecule has 0 aliphatic carbocycles. The van der Waals surface area contributed by atoms with Crippen LogP contribution in [0, 0.1) is 0 Å². The first-order valence-corrected chi connectivity index (χ1v) is 10.6. The number of carbonyl (C=O) groups excluding carboxylic acids is 1. The molecule has 6 heteroatoms. The molecule has 4 nitrogen and oxygen atoms in total. The van der Waals surface area contributed by atoms with E-state index in [-0.39, 0.29) is 11.9 Å².